The number of carbonyl (C=O) groups excluding carboxylic acids is 1. The van der Waals surface area contributed by atoms with Crippen molar-refractivity contribution in [3.05, 3.63) is 101 Å². The van der Waals surface area contributed by atoms with Crippen LogP contribution in [0.5, 0.6) is 0 Å². The summed E-state index contributed by atoms with van der Waals surface area (Å²) in [5, 5.41) is 3.97. The molecule has 1 aromatic heterocycles. The highest BCUT2D eigenvalue weighted by atomic mass is 32.1. The van der Waals surface area contributed by atoms with Gasteiger partial charge < -0.3 is 5.32 Å². The van der Waals surface area contributed by atoms with Crippen LogP contribution in [0, 0.1) is 0 Å². The Hall–Kier alpha value is -2.98. The van der Waals surface area contributed by atoms with Crippen LogP contribution in [0.2, 0.25) is 0 Å². The normalized spacial score (nSPS) is 11.0. The van der Waals surface area contributed by atoms with Gasteiger partial charge in [-0.3, -0.25) is 4.79 Å². The third-order valence-electron chi connectivity index (χ3n) is 4.57. The van der Waals surface area contributed by atoms with Gasteiger partial charge in [0.15, 0.2) is 0 Å². The molecule has 0 unspecified atom stereocenters. The van der Waals surface area contributed by atoms with E-state index in [1.807, 2.05) is 54.6 Å². The van der Waals surface area contributed by atoms with Gasteiger partial charge in [-0.15, -0.1) is 11.3 Å². The molecule has 3 aromatic carbocycles. The highest BCUT2D eigenvalue weighted by Gasteiger charge is 2.18. The molecule has 0 spiro atoms. The zero-order chi connectivity index (χ0) is 18.5. The van der Waals surface area contributed by atoms with Gasteiger partial charge in [-0.2, -0.15) is 0 Å². The summed E-state index contributed by atoms with van der Waals surface area (Å²) in [5.41, 5.74) is 3.29. The van der Waals surface area contributed by atoms with E-state index in [-0.39, 0.29) is 11.8 Å². The van der Waals surface area contributed by atoms with Gasteiger partial charge in [0.25, 0.3) is 0 Å². The molecule has 0 saturated heterocycles. The topological polar surface area (TPSA) is 42.0 Å². The summed E-state index contributed by atoms with van der Waals surface area (Å²) in [7, 11) is 0. The standard InChI is InChI=1S/C23H20N2OS/c26-22(24-16-23-25-20-13-7-8-14-21(20)27-23)15-19(17-9-3-1-4-10-17)18-11-5-2-6-12-18/h1-14,19H,15-16H2,(H,24,26). The predicted octanol–water partition coefficient (Wildman–Crippen LogP) is 5.13. The smallest absolute Gasteiger partial charge is 0.221 e. The Morgan fingerprint density at radius 1 is 0.852 bits per heavy atom. The summed E-state index contributed by atoms with van der Waals surface area (Å²) in [5.74, 6) is 0.0785. The Balaban J connectivity index is 1.47. The molecule has 0 aliphatic rings. The molecule has 0 radical (unpaired) electrons. The van der Waals surface area contributed by atoms with E-state index in [1.54, 1.807) is 11.3 Å². The van der Waals surface area contributed by atoms with E-state index in [0.29, 0.717) is 13.0 Å². The second-order valence-electron chi connectivity index (χ2n) is 6.43. The Morgan fingerprint density at radius 2 is 1.44 bits per heavy atom. The van der Waals surface area contributed by atoms with Crippen LogP contribution in [0.4, 0.5) is 0 Å². The minimum atomic E-state index is 0.0342. The number of nitrogens with one attached hydrogen (secondary N) is 1. The number of carbonyl (C=O) groups is 1. The fraction of sp³-hybridized carbons (Fsp3) is 0.130. The Bertz CT molecular complexity index is 955. The lowest BCUT2D eigenvalue weighted by Crippen LogP contribution is -2.24. The number of rotatable bonds is 6. The second kappa shape index (κ2) is 8.14. The molecule has 0 atom stereocenters. The summed E-state index contributed by atoms with van der Waals surface area (Å²) in [4.78, 5) is 17.2. The highest BCUT2D eigenvalue weighted by molar-refractivity contribution is 7.18. The molecule has 1 heterocycles. The van der Waals surface area contributed by atoms with E-state index in [2.05, 4.69) is 40.6 Å². The molecular weight excluding hydrogens is 352 g/mol. The minimum absolute atomic E-state index is 0.0342. The summed E-state index contributed by atoms with van der Waals surface area (Å²) in [6.07, 6.45) is 0.416. The van der Waals surface area contributed by atoms with Crippen LogP contribution in [0.1, 0.15) is 28.5 Å². The van der Waals surface area contributed by atoms with E-state index in [4.69, 9.17) is 0 Å². The number of para-hydroxylation sites is 1. The number of benzene rings is 3. The van der Waals surface area contributed by atoms with Crippen molar-refractivity contribution in [2.75, 3.05) is 0 Å². The van der Waals surface area contributed by atoms with Gasteiger partial charge in [0.1, 0.15) is 5.01 Å². The molecule has 0 bridgehead atoms. The van der Waals surface area contributed by atoms with E-state index in [1.165, 1.54) is 0 Å². The number of nitrogens with zero attached hydrogens (tertiary/aromatic N) is 1. The number of hydrogen-bond donors (Lipinski definition) is 1. The van der Waals surface area contributed by atoms with Gasteiger partial charge in [-0.1, -0.05) is 72.8 Å². The number of hydrogen-bond acceptors (Lipinski definition) is 3. The fourth-order valence-electron chi connectivity index (χ4n) is 3.23. The Labute approximate surface area is 162 Å². The molecule has 0 fully saturated rings. The first-order valence-electron chi connectivity index (χ1n) is 9.00. The predicted molar refractivity (Wildman–Crippen MR) is 111 cm³/mol. The molecule has 0 saturated carbocycles. The van der Waals surface area contributed by atoms with Crippen LogP contribution >= 0.6 is 11.3 Å². The van der Waals surface area contributed by atoms with Crippen molar-refractivity contribution in [3.8, 4) is 0 Å². The maximum atomic E-state index is 12.7. The number of thiazole rings is 1. The van der Waals surface area contributed by atoms with Crippen molar-refractivity contribution in [2.24, 2.45) is 0 Å². The zero-order valence-electron chi connectivity index (χ0n) is 14.8. The molecule has 27 heavy (non-hydrogen) atoms. The molecular formula is C23H20N2OS. The highest BCUT2D eigenvalue weighted by Crippen LogP contribution is 2.28. The van der Waals surface area contributed by atoms with Crippen molar-refractivity contribution < 1.29 is 4.79 Å². The maximum Gasteiger partial charge on any atom is 0.221 e. The molecule has 1 N–H and O–H groups in total. The van der Waals surface area contributed by atoms with Crippen LogP contribution in [0.15, 0.2) is 84.9 Å². The first kappa shape index (κ1) is 17.4. The van der Waals surface area contributed by atoms with Gasteiger partial charge in [0, 0.05) is 12.3 Å². The summed E-state index contributed by atoms with van der Waals surface area (Å²) < 4.78 is 1.15. The monoisotopic (exact) mass is 372 g/mol. The van der Waals surface area contributed by atoms with Gasteiger partial charge >= 0.3 is 0 Å². The van der Waals surface area contributed by atoms with Gasteiger partial charge in [0.2, 0.25) is 5.91 Å². The van der Waals surface area contributed by atoms with Gasteiger partial charge in [-0.05, 0) is 23.3 Å². The average Bonchev–Trinajstić information content (AvgIpc) is 3.15. The molecule has 4 aromatic rings. The Morgan fingerprint density at radius 3 is 2.07 bits per heavy atom. The van der Waals surface area contributed by atoms with Crippen LogP contribution in [-0.2, 0) is 11.3 Å². The number of aromatic nitrogens is 1. The van der Waals surface area contributed by atoms with E-state index in [0.717, 1.165) is 26.4 Å². The lowest BCUT2D eigenvalue weighted by atomic mass is 9.88. The molecule has 4 heteroatoms. The van der Waals surface area contributed by atoms with E-state index < -0.39 is 0 Å². The minimum Gasteiger partial charge on any atom is -0.350 e. The quantitative estimate of drug-likeness (QED) is 0.509. The Kier molecular flexibility index (Phi) is 5.26. The maximum absolute atomic E-state index is 12.7. The first-order chi connectivity index (χ1) is 13.3. The fourth-order valence-corrected chi connectivity index (χ4v) is 4.13. The third kappa shape index (κ3) is 4.23. The second-order valence-corrected chi connectivity index (χ2v) is 7.55. The number of amides is 1. The van der Waals surface area contributed by atoms with Crippen molar-refractivity contribution in [2.45, 2.75) is 18.9 Å². The van der Waals surface area contributed by atoms with Crippen LogP contribution in [0.3, 0.4) is 0 Å². The van der Waals surface area contributed by atoms with E-state index in [9.17, 15) is 4.79 Å². The van der Waals surface area contributed by atoms with Crippen molar-refractivity contribution in [1.82, 2.24) is 10.3 Å². The summed E-state index contributed by atoms with van der Waals surface area (Å²) >= 11 is 1.63. The molecule has 0 aliphatic heterocycles. The van der Waals surface area contributed by atoms with Gasteiger partial charge in [0.05, 0.1) is 16.8 Å². The molecule has 4 rings (SSSR count). The molecule has 134 valence electrons. The largest absolute Gasteiger partial charge is 0.350 e. The van der Waals surface area contributed by atoms with Crippen LogP contribution in [0.25, 0.3) is 10.2 Å². The lowest BCUT2D eigenvalue weighted by Gasteiger charge is -2.17. The zero-order valence-corrected chi connectivity index (χ0v) is 15.7. The summed E-state index contributed by atoms with van der Waals surface area (Å²) in [6, 6.07) is 28.4. The van der Waals surface area contributed by atoms with E-state index >= 15 is 0 Å². The average molecular weight is 372 g/mol. The van der Waals surface area contributed by atoms with Crippen molar-refractivity contribution >= 4 is 27.5 Å². The third-order valence-corrected chi connectivity index (χ3v) is 5.60. The summed E-state index contributed by atoms with van der Waals surface area (Å²) in [6.45, 7) is 0.467. The lowest BCUT2D eigenvalue weighted by molar-refractivity contribution is -0.121. The van der Waals surface area contributed by atoms with Gasteiger partial charge in [-0.25, -0.2) is 4.98 Å². The molecule has 0 aliphatic carbocycles. The van der Waals surface area contributed by atoms with Crippen LogP contribution < -0.4 is 5.32 Å². The van der Waals surface area contributed by atoms with Crippen molar-refractivity contribution in [3.63, 3.8) is 0 Å². The molecule has 3 nitrogen and oxygen atoms in total. The molecule has 1 amide bonds. The first-order valence-corrected chi connectivity index (χ1v) is 9.82. The number of fused-ring (bicyclic) bond motifs is 1. The SMILES string of the molecule is O=C(CC(c1ccccc1)c1ccccc1)NCc1nc2ccccc2s1. The van der Waals surface area contributed by atoms with Crippen LogP contribution in [-0.4, -0.2) is 10.9 Å². The van der Waals surface area contributed by atoms with Crippen molar-refractivity contribution in [1.29, 1.82) is 0 Å².